The molecule has 1 N–H and O–H groups in total. The van der Waals surface area contributed by atoms with Crippen molar-refractivity contribution in [2.75, 3.05) is 26.2 Å². The molecule has 0 saturated carbocycles. The van der Waals surface area contributed by atoms with E-state index in [9.17, 15) is 8.78 Å². The Morgan fingerprint density at radius 3 is 2.50 bits per heavy atom. The highest BCUT2D eigenvalue weighted by molar-refractivity contribution is 6.30. The SMILES string of the molecule is CC(C)C[C@@H](c1c(F)ccc(Cl)c1F)N1CCNCC1. The summed E-state index contributed by atoms with van der Waals surface area (Å²) in [5, 5.41) is 3.25. The molecule has 1 aromatic carbocycles. The van der Waals surface area contributed by atoms with E-state index in [2.05, 4.69) is 24.1 Å². The van der Waals surface area contributed by atoms with Crippen molar-refractivity contribution in [1.82, 2.24) is 10.2 Å². The summed E-state index contributed by atoms with van der Waals surface area (Å²) in [4.78, 5) is 2.15. The molecule has 112 valence electrons. The first kappa shape index (κ1) is 15.7. The van der Waals surface area contributed by atoms with Gasteiger partial charge in [0.2, 0.25) is 0 Å². The van der Waals surface area contributed by atoms with Crippen LogP contribution in [0.15, 0.2) is 12.1 Å². The second kappa shape index (κ2) is 6.83. The quantitative estimate of drug-likeness (QED) is 0.855. The summed E-state index contributed by atoms with van der Waals surface area (Å²) in [5.41, 5.74) is 0.119. The maximum atomic E-state index is 14.3. The minimum absolute atomic E-state index is 0.00899. The number of nitrogens with one attached hydrogen (secondary N) is 1. The average molecular weight is 303 g/mol. The van der Waals surface area contributed by atoms with Crippen molar-refractivity contribution in [3.8, 4) is 0 Å². The molecule has 1 aliphatic rings. The van der Waals surface area contributed by atoms with E-state index in [1.807, 2.05) is 0 Å². The Morgan fingerprint density at radius 2 is 1.90 bits per heavy atom. The number of piperazine rings is 1. The van der Waals surface area contributed by atoms with E-state index in [-0.39, 0.29) is 16.6 Å². The summed E-state index contributed by atoms with van der Waals surface area (Å²) >= 11 is 5.83. The van der Waals surface area contributed by atoms with Gasteiger partial charge in [-0.05, 0) is 24.5 Å². The molecule has 0 aliphatic carbocycles. The number of halogens is 3. The fourth-order valence-electron chi connectivity index (χ4n) is 2.74. The summed E-state index contributed by atoms with van der Waals surface area (Å²) < 4.78 is 28.4. The highest BCUT2D eigenvalue weighted by atomic mass is 35.5. The van der Waals surface area contributed by atoms with Crippen LogP contribution >= 0.6 is 11.6 Å². The van der Waals surface area contributed by atoms with E-state index >= 15 is 0 Å². The predicted molar refractivity (Wildman–Crippen MR) is 78.0 cm³/mol. The molecule has 0 bridgehead atoms. The van der Waals surface area contributed by atoms with Gasteiger partial charge in [0, 0.05) is 37.8 Å². The molecule has 0 spiro atoms. The molecule has 0 aromatic heterocycles. The van der Waals surface area contributed by atoms with Crippen LogP contribution in [0.2, 0.25) is 5.02 Å². The van der Waals surface area contributed by atoms with Crippen LogP contribution < -0.4 is 5.32 Å². The number of nitrogens with zero attached hydrogens (tertiary/aromatic N) is 1. The first-order valence-electron chi connectivity index (χ1n) is 7.09. The zero-order valence-corrected chi connectivity index (χ0v) is 12.7. The van der Waals surface area contributed by atoms with Crippen LogP contribution in [0, 0.1) is 17.6 Å². The predicted octanol–water partition coefficient (Wildman–Crippen LogP) is 3.61. The van der Waals surface area contributed by atoms with Gasteiger partial charge in [-0.15, -0.1) is 0 Å². The molecule has 0 unspecified atom stereocenters. The lowest BCUT2D eigenvalue weighted by Crippen LogP contribution is -2.45. The van der Waals surface area contributed by atoms with Gasteiger partial charge in [-0.25, -0.2) is 8.78 Å². The van der Waals surface area contributed by atoms with Crippen LogP contribution in [0.4, 0.5) is 8.78 Å². The third kappa shape index (κ3) is 3.48. The molecule has 2 rings (SSSR count). The standard InChI is InChI=1S/C15H21ClF2N2/c1-10(2)9-13(20-7-5-19-6-8-20)14-12(17)4-3-11(16)15(14)18/h3-4,10,13,19H,5-9H2,1-2H3/t13-/m0/s1. The minimum atomic E-state index is -0.615. The fourth-order valence-corrected chi connectivity index (χ4v) is 2.90. The van der Waals surface area contributed by atoms with Crippen molar-refractivity contribution >= 4 is 11.6 Å². The number of rotatable bonds is 4. The van der Waals surface area contributed by atoms with E-state index in [4.69, 9.17) is 11.6 Å². The maximum absolute atomic E-state index is 14.3. The van der Waals surface area contributed by atoms with E-state index in [1.165, 1.54) is 12.1 Å². The molecular weight excluding hydrogens is 282 g/mol. The van der Waals surface area contributed by atoms with Gasteiger partial charge in [0.25, 0.3) is 0 Å². The third-order valence-corrected chi connectivity index (χ3v) is 3.99. The smallest absolute Gasteiger partial charge is 0.149 e. The van der Waals surface area contributed by atoms with Gasteiger partial charge in [0.15, 0.2) is 0 Å². The van der Waals surface area contributed by atoms with E-state index in [1.54, 1.807) is 0 Å². The lowest BCUT2D eigenvalue weighted by atomic mass is 9.94. The zero-order valence-electron chi connectivity index (χ0n) is 11.9. The van der Waals surface area contributed by atoms with Crippen LogP contribution in [-0.2, 0) is 0 Å². The second-order valence-electron chi connectivity index (χ2n) is 5.69. The van der Waals surface area contributed by atoms with E-state index in [0.29, 0.717) is 12.3 Å². The highest BCUT2D eigenvalue weighted by Gasteiger charge is 2.29. The van der Waals surface area contributed by atoms with E-state index in [0.717, 1.165) is 26.2 Å². The van der Waals surface area contributed by atoms with Gasteiger partial charge >= 0.3 is 0 Å². The largest absolute Gasteiger partial charge is 0.314 e. The van der Waals surface area contributed by atoms with Crippen molar-refractivity contribution in [1.29, 1.82) is 0 Å². The van der Waals surface area contributed by atoms with Gasteiger partial charge in [0.05, 0.1) is 5.02 Å². The molecule has 20 heavy (non-hydrogen) atoms. The van der Waals surface area contributed by atoms with E-state index < -0.39 is 11.6 Å². The topological polar surface area (TPSA) is 15.3 Å². The Labute approximate surface area is 124 Å². The highest BCUT2D eigenvalue weighted by Crippen LogP contribution is 2.34. The molecule has 1 aromatic rings. The number of benzene rings is 1. The molecule has 0 amide bonds. The molecule has 0 radical (unpaired) electrons. The van der Waals surface area contributed by atoms with Gasteiger partial charge in [-0.1, -0.05) is 25.4 Å². The summed E-state index contributed by atoms with van der Waals surface area (Å²) in [6.45, 7) is 7.41. The lowest BCUT2D eigenvalue weighted by molar-refractivity contribution is 0.147. The van der Waals surface area contributed by atoms with Crippen LogP contribution in [0.1, 0.15) is 31.9 Å². The zero-order chi connectivity index (χ0) is 14.7. The Morgan fingerprint density at radius 1 is 1.25 bits per heavy atom. The molecule has 1 fully saturated rings. The van der Waals surface area contributed by atoms with Crippen molar-refractivity contribution in [3.63, 3.8) is 0 Å². The Kier molecular flexibility index (Phi) is 5.35. The Hall–Kier alpha value is -0.710. The average Bonchev–Trinajstić information content (AvgIpc) is 2.43. The van der Waals surface area contributed by atoms with Gasteiger partial charge in [0.1, 0.15) is 11.6 Å². The van der Waals surface area contributed by atoms with Crippen molar-refractivity contribution in [2.24, 2.45) is 5.92 Å². The lowest BCUT2D eigenvalue weighted by Gasteiger charge is -2.36. The maximum Gasteiger partial charge on any atom is 0.149 e. The van der Waals surface area contributed by atoms with Crippen molar-refractivity contribution < 1.29 is 8.78 Å². The summed E-state index contributed by atoms with van der Waals surface area (Å²) in [5.74, 6) is -0.764. The number of hydrogen-bond donors (Lipinski definition) is 1. The second-order valence-corrected chi connectivity index (χ2v) is 6.10. The normalized spacial score (nSPS) is 18.5. The molecule has 1 heterocycles. The number of hydrogen-bond acceptors (Lipinski definition) is 2. The Bertz CT molecular complexity index is 459. The first-order chi connectivity index (χ1) is 9.50. The van der Waals surface area contributed by atoms with Crippen LogP contribution in [0.5, 0.6) is 0 Å². The van der Waals surface area contributed by atoms with Crippen molar-refractivity contribution in [2.45, 2.75) is 26.3 Å². The van der Waals surface area contributed by atoms with Crippen LogP contribution in [-0.4, -0.2) is 31.1 Å². The monoisotopic (exact) mass is 302 g/mol. The molecule has 2 nitrogen and oxygen atoms in total. The van der Waals surface area contributed by atoms with Gasteiger partial charge < -0.3 is 5.32 Å². The Balaban J connectivity index is 2.37. The molecule has 1 aliphatic heterocycles. The van der Waals surface area contributed by atoms with Crippen molar-refractivity contribution in [3.05, 3.63) is 34.4 Å². The first-order valence-corrected chi connectivity index (χ1v) is 7.46. The summed E-state index contributed by atoms with van der Waals surface area (Å²) in [6.07, 6.45) is 0.716. The fraction of sp³-hybridized carbons (Fsp3) is 0.600. The third-order valence-electron chi connectivity index (χ3n) is 3.70. The summed E-state index contributed by atoms with van der Waals surface area (Å²) in [6, 6.07) is 2.28. The minimum Gasteiger partial charge on any atom is -0.314 e. The van der Waals surface area contributed by atoms with Crippen LogP contribution in [0.25, 0.3) is 0 Å². The molecular formula is C15H21ClF2N2. The summed E-state index contributed by atoms with van der Waals surface area (Å²) in [7, 11) is 0. The molecule has 1 saturated heterocycles. The van der Waals surface area contributed by atoms with Gasteiger partial charge in [-0.3, -0.25) is 4.90 Å². The molecule has 5 heteroatoms. The van der Waals surface area contributed by atoms with Gasteiger partial charge in [-0.2, -0.15) is 0 Å². The van der Waals surface area contributed by atoms with Crippen LogP contribution in [0.3, 0.4) is 0 Å². The molecule has 1 atom stereocenters.